The third-order valence-corrected chi connectivity index (χ3v) is 2.41. The second-order valence-corrected chi connectivity index (χ2v) is 3.81. The van der Waals surface area contributed by atoms with Crippen LogP contribution >= 0.6 is 0 Å². The van der Waals surface area contributed by atoms with Crippen LogP contribution in [-0.2, 0) is 15.0 Å². The van der Waals surface area contributed by atoms with Gasteiger partial charge in [0.2, 0.25) is 0 Å². The molecular formula is C5H12N2O3S. The summed E-state index contributed by atoms with van der Waals surface area (Å²) in [4.78, 5) is 10.6. The van der Waals surface area contributed by atoms with Crippen LogP contribution in [0, 0.1) is 0 Å². The van der Waals surface area contributed by atoms with Crippen LogP contribution in [0.25, 0.3) is 0 Å². The predicted molar refractivity (Wildman–Crippen MR) is 41.3 cm³/mol. The molecule has 2 N–H and O–H groups in total. The molecule has 0 amide bonds. The summed E-state index contributed by atoms with van der Waals surface area (Å²) in [5.41, 5.74) is 0. The molecule has 5 nitrogen and oxygen atoms in total. The van der Waals surface area contributed by atoms with Crippen molar-refractivity contribution in [1.82, 2.24) is 9.44 Å². The van der Waals surface area contributed by atoms with Crippen molar-refractivity contribution in [3.8, 4) is 0 Å². The first-order valence-electron chi connectivity index (χ1n) is 3.10. The second-order valence-electron chi connectivity index (χ2n) is 2.16. The van der Waals surface area contributed by atoms with Gasteiger partial charge in [-0.15, -0.1) is 0 Å². The first-order chi connectivity index (χ1) is 4.89. The standard InChI is InChI=1S/C5H12N2O3S/c1-4(5(2)8)7-11(9,10)6-3/h4,6-7H,1-3H3. The van der Waals surface area contributed by atoms with Crippen LogP contribution in [0.3, 0.4) is 0 Å². The van der Waals surface area contributed by atoms with E-state index in [4.69, 9.17) is 0 Å². The topological polar surface area (TPSA) is 75.3 Å². The van der Waals surface area contributed by atoms with Gasteiger partial charge in [0.15, 0.2) is 0 Å². The molecule has 0 bridgehead atoms. The fraction of sp³-hybridized carbons (Fsp3) is 0.800. The Hall–Kier alpha value is -0.460. The Balaban J connectivity index is 4.16. The smallest absolute Gasteiger partial charge is 0.277 e. The Morgan fingerprint density at radius 2 is 1.91 bits per heavy atom. The Kier molecular flexibility index (Phi) is 3.64. The quantitative estimate of drug-likeness (QED) is 0.583. The van der Waals surface area contributed by atoms with E-state index < -0.39 is 16.3 Å². The largest absolute Gasteiger partial charge is 0.298 e. The average Bonchev–Trinajstić information content (AvgIpc) is 1.87. The second kappa shape index (κ2) is 3.80. The van der Waals surface area contributed by atoms with Crippen molar-refractivity contribution < 1.29 is 13.2 Å². The zero-order valence-electron chi connectivity index (χ0n) is 6.71. The van der Waals surface area contributed by atoms with Crippen molar-refractivity contribution in [2.45, 2.75) is 19.9 Å². The monoisotopic (exact) mass is 180 g/mol. The van der Waals surface area contributed by atoms with E-state index >= 15 is 0 Å². The van der Waals surface area contributed by atoms with E-state index in [2.05, 4.69) is 4.72 Å². The highest BCUT2D eigenvalue weighted by atomic mass is 32.2. The molecule has 0 rings (SSSR count). The molecule has 0 fully saturated rings. The molecule has 0 saturated heterocycles. The van der Waals surface area contributed by atoms with Crippen LogP contribution in [0.4, 0.5) is 0 Å². The third kappa shape index (κ3) is 4.07. The molecule has 1 unspecified atom stereocenters. The van der Waals surface area contributed by atoms with Gasteiger partial charge in [0.1, 0.15) is 5.78 Å². The number of hydrogen-bond acceptors (Lipinski definition) is 3. The molecule has 0 aromatic carbocycles. The van der Waals surface area contributed by atoms with E-state index in [9.17, 15) is 13.2 Å². The van der Waals surface area contributed by atoms with Crippen molar-refractivity contribution in [3.05, 3.63) is 0 Å². The van der Waals surface area contributed by atoms with Gasteiger partial charge in [0.05, 0.1) is 6.04 Å². The highest BCUT2D eigenvalue weighted by Crippen LogP contribution is 1.85. The molecule has 0 heterocycles. The lowest BCUT2D eigenvalue weighted by Gasteiger charge is -2.09. The minimum absolute atomic E-state index is 0.219. The molecular weight excluding hydrogens is 168 g/mol. The van der Waals surface area contributed by atoms with Crippen molar-refractivity contribution in [2.24, 2.45) is 0 Å². The van der Waals surface area contributed by atoms with Gasteiger partial charge in [-0.05, 0) is 13.8 Å². The van der Waals surface area contributed by atoms with Gasteiger partial charge >= 0.3 is 0 Å². The number of rotatable bonds is 4. The van der Waals surface area contributed by atoms with Gasteiger partial charge in [-0.25, -0.2) is 4.72 Å². The van der Waals surface area contributed by atoms with Crippen LogP contribution in [0.1, 0.15) is 13.8 Å². The molecule has 0 radical (unpaired) electrons. The summed E-state index contributed by atoms with van der Waals surface area (Å²) in [6.07, 6.45) is 0. The molecule has 0 saturated carbocycles. The Morgan fingerprint density at radius 1 is 1.45 bits per heavy atom. The van der Waals surface area contributed by atoms with Crippen LogP contribution < -0.4 is 9.44 Å². The molecule has 66 valence electrons. The van der Waals surface area contributed by atoms with Crippen molar-refractivity contribution >= 4 is 16.0 Å². The SMILES string of the molecule is CNS(=O)(=O)NC(C)C(C)=O. The van der Waals surface area contributed by atoms with E-state index in [1.807, 2.05) is 4.72 Å². The van der Waals surface area contributed by atoms with E-state index in [1.54, 1.807) is 0 Å². The summed E-state index contributed by atoms with van der Waals surface area (Å²) in [7, 11) is -2.21. The van der Waals surface area contributed by atoms with Crippen LogP contribution in [0.15, 0.2) is 0 Å². The normalized spacial score (nSPS) is 14.5. The Morgan fingerprint density at radius 3 is 2.18 bits per heavy atom. The van der Waals surface area contributed by atoms with Gasteiger partial charge in [-0.1, -0.05) is 0 Å². The number of nitrogens with one attached hydrogen (secondary N) is 2. The summed E-state index contributed by atoms with van der Waals surface area (Å²) >= 11 is 0. The third-order valence-electron chi connectivity index (χ3n) is 1.21. The first kappa shape index (κ1) is 10.5. The molecule has 0 spiro atoms. The van der Waals surface area contributed by atoms with E-state index in [-0.39, 0.29) is 5.78 Å². The molecule has 0 aliphatic heterocycles. The van der Waals surface area contributed by atoms with Gasteiger partial charge in [-0.2, -0.15) is 13.1 Å². The minimum Gasteiger partial charge on any atom is -0.298 e. The number of carbonyl (C=O) groups excluding carboxylic acids is 1. The van der Waals surface area contributed by atoms with Crippen LogP contribution in [-0.4, -0.2) is 27.3 Å². The fourth-order valence-electron chi connectivity index (χ4n) is 0.375. The molecule has 0 aromatic rings. The van der Waals surface area contributed by atoms with E-state index in [1.165, 1.54) is 20.9 Å². The molecule has 0 aliphatic rings. The highest BCUT2D eigenvalue weighted by Gasteiger charge is 2.14. The summed E-state index contributed by atoms with van der Waals surface area (Å²) in [5, 5.41) is 0. The summed E-state index contributed by atoms with van der Waals surface area (Å²) < 4.78 is 25.6. The van der Waals surface area contributed by atoms with Gasteiger partial charge in [0, 0.05) is 7.05 Å². The molecule has 0 aliphatic carbocycles. The lowest BCUT2D eigenvalue weighted by atomic mass is 10.3. The number of ketones is 1. The van der Waals surface area contributed by atoms with Crippen molar-refractivity contribution in [3.63, 3.8) is 0 Å². The lowest BCUT2D eigenvalue weighted by molar-refractivity contribution is -0.118. The maximum atomic E-state index is 10.7. The Bertz CT molecular complexity index is 234. The number of carbonyl (C=O) groups is 1. The van der Waals surface area contributed by atoms with Gasteiger partial charge in [0.25, 0.3) is 10.2 Å². The van der Waals surface area contributed by atoms with Crippen molar-refractivity contribution in [1.29, 1.82) is 0 Å². The molecule has 11 heavy (non-hydrogen) atoms. The van der Waals surface area contributed by atoms with E-state index in [0.717, 1.165) is 0 Å². The Labute approximate surface area is 66.4 Å². The maximum absolute atomic E-state index is 10.7. The van der Waals surface area contributed by atoms with Crippen molar-refractivity contribution in [2.75, 3.05) is 7.05 Å². The summed E-state index contributed by atoms with van der Waals surface area (Å²) in [6.45, 7) is 2.81. The number of Topliss-reactive ketones (excluding diaryl/α,β-unsaturated/α-hetero) is 1. The number of hydrogen-bond donors (Lipinski definition) is 2. The first-order valence-corrected chi connectivity index (χ1v) is 4.58. The zero-order valence-corrected chi connectivity index (χ0v) is 7.53. The molecule has 6 heteroatoms. The van der Waals surface area contributed by atoms with Crippen LogP contribution in [0.2, 0.25) is 0 Å². The maximum Gasteiger partial charge on any atom is 0.277 e. The zero-order chi connectivity index (χ0) is 9.07. The summed E-state index contributed by atoms with van der Waals surface area (Å²) in [6, 6.07) is -0.674. The summed E-state index contributed by atoms with van der Waals surface area (Å²) in [5.74, 6) is -0.219. The predicted octanol–water partition coefficient (Wildman–Crippen LogP) is -0.982. The lowest BCUT2D eigenvalue weighted by Crippen LogP contribution is -2.42. The average molecular weight is 180 g/mol. The highest BCUT2D eigenvalue weighted by molar-refractivity contribution is 7.87. The molecule has 1 atom stereocenters. The minimum atomic E-state index is -3.48. The fourth-order valence-corrected chi connectivity index (χ4v) is 1.12. The van der Waals surface area contributed by atoms with Gasteiger partial charge < -0.3 is 0 Å². The van der Waals surface area contributed by atoms with E-state index in [0.29, 0.717) is 0 Å². The van der Waals surface area contributed by atoms with Crippen LogP contribution in [0.5, 0.6) is 0 Å². The van der Waals surface area contributed by atoms with Gasteiger partial charge in [-0.3, -0.25) is 4.79 Å². The molecule has 0 aromatic heterocycles.